The van der Waals surface area contributed by atoms with Crippen LogP contribution in [0.3, 0.4) is 0 Å². The highest BCUT2D eigenvalue weighted by Gasteiger charge is 2.39. The minimum atomic E-state index is -3.42. The molecule has 0 radical (unpaired) electrons. The van der Waals surface area contributed by atoms with Gasteiger partial charge in [-0.25, -0.2) is 22.5 Å². The predicted molar refractivity (Wildman–Crippen MR) is 105 cm³/mol. The van der Waals surface area contributed by atoms with Gasteiger partial charge in [0.2, 0.25) is 0 Å². The molecular weight excluding hydrogens is 413 g/mol. The molecule has 0 atom stereocenters. The number of nitrogens with zero attached hydrogens (tertiary/aromatic N) is 1. The minimum absolute atomic E-state index is 0.0211. The Balaban J connectivity index is 2.66. The molecule has 0 aliphatic heterocycles. The molecule has 1 heterocycles. The molecule has 0 unspecified atom stereocenters. The zero-order valence-electron chi connectivity index (χ0n) is 16.4. The third-order valence-corrected chi connectivity index (χ3v) is 9.46. The molecule has 5 nitrogen and oxygen atoms in total. The van der Waals surface area contributed by atoms with Gasteiger partial charge in [-0.15, -0.1) is 0 Å². The first kappa shape index (κ1) is 22.3. The largest absolute Gasteiger partial charge is 0.542 e. The van der Waals surface area contributed by atoms with Gasteiger partial charge < -0.3 is 9.41 Å². The van der Waals surface area contributed by atoms with Gasteiger partial charge in [-0.2, -0.15) is 0 Å². The fourth-order valence-corrected chi connectivity index (χ4v) is 3.43. The molecule has 154 valence electrons. The Morgan fingerprint density at radius 3 is 2.14 bits per heavy atom. The predicted octanol–water partition coefficient (Wildman–Crippen LogP) is 4.81. The number of H-pyrrole nitrogens is 1. The number of rotatable bonds is 4. The highest BCUT2D eigenvalue weighted by molar-refractivity contribution is 6.74. The number of hydrogen-bond acceptors (Lipinski definition) is 3. The second kappa shape index (κ2) is 7.11. The normalized spacial score (nSPS) is 12.9. The summed E-state index contributed by atoms with van der Waals surface area (Å²) in [6.45, 7) is 10.4. The molecule has 28 heavy (non-hydrogen) atoms. The molecule has 10 heteroatoms. The molecular formula is C18H22ClF3N2O3Si. The SMILES string of the molecule is CC(F)(F)c1cc(=O)n(-c2cc(O[Si](C)(C)C(C)(C)C)c(Cl)cc2F)c(=O)[nH]1. The van der Waals surface area contributed by atoms with Crippen molar-refractivity contribution in [1.82, 2.24) is 9.55 Å². The van der Waals surface area contributed by atoms with Gasteiger partial charge in [-0.3, -0.25) is 4.79 Å². The lowest BCUT2D eigenvalue weighted by Gasteiger charge is -2.36. The second-order valence-corrected chi connectivity index (χ2v) is 13.3. The van der Waals surface area contributed by atoms with Crippen LogP contribution < -0.4 is 15.7 Å². The average molecular weight is 435 g/mol. The Hall–Kier alpha value is -2.00. The number of aromatic nitrogens is 2. The first-order valence-corrected chi connectivity index (χ1v) is 11.8. The van der Waals surface area contributed by atoms with Crippen LogP contribution in [0.2, 0.25) is 23.2 Å². The number of alkyl halides is 2. The zero-order valence-corrected chi connectivity index (χ0v) is 18.2. The number of halogens is 4. The van der Waals surface area contributed by atoms with Crippen molar-refractivity contribution in [2.24, 2.45) is 0 Å². The van der Waals surface area contributed by atoms with Crippen LogP contribution in [0.5, 0.6) is 5.75 Å². The highest BCUT2D eigenvalue weighted by Crippen LogP contribution is 2.40. The molecule has 0 saturated carbocycles. The van der Waals surface area contributed by atoms with E-state index in [1.807, 2.05) is 38.8 Å². The van der Waals surface area contributed by atoms with Crippen molar-refractivity contribution in [3.05, 3.63) is 55.6 Å². The van der Waals surface area contributed by atoms with Crippen molar-refractivity contribution in [2.45, 2.75) is 51.7 Å². The third kappa shape index (κ3) is 4.35. The van der Waals surface area contributed by atoms with Crippen LogP contribution in [0.25, 0.3) is 5.69 Å². The first-order valence-electron chi connectivity index (χ1n) is 8.48. The zero-order chi connectivity index (χ0) is 21.7. The smallest absolute Gasteiger partial charge is 0.333 e. The van der Waals surface area contributed by atoms with Crippen molar-refractivity contribution in [2.75, 3.05) is 0 Å². The van der Waals surface area contributed by atoms with E-state index in [9.17, 15) is 22.8 Å². The van der Waals surface area contributed by atoms with E-state index in [0.717, 1.165) is 12.1 Å². The van der Waals surface area contributed by atoms with Crippen molar-refractivity contribution < 1.29 is 17.6 Å². The molecule has 0 aliphatic carbocycles. The van der Waals surface area contributed by atoms with E-state index in [1.165, 1.54) is 0 Å². The summed E-state index contributed by atoms with van der Waals surface area (Å²) in [6.07, 6.45) is 0. The summed E-state index contributed by atoms with van der Waals surface area (Å²) in [5.74, 6) is -4.27. The van der Waals surface area contributed by atoms with E-state index in [-0.39, 0.29) is 15.8 Å². The standard InChI is InChI=1S/C18H22ClF3N2O3Si/c1-17(2,3)28(5,6)27-13-8-12(11(20)7-10(13)19)24-15(25)9-14(18(4,21)22)23-16(24)26/h7-9H,1-6H3,(H,23,26). The molecule has 0 amide bonds. The van der Waals surface area contributed by atoms with Gasteiger partial charge in [-0.05, 0) is 24.2 Å². The fourth-order valence-electron chi connectivity index (χ4n) is 2.16. The van der Waals surface area contributed by atoms with Gasteiger partial charge in [0, 0.05) is 19.1 Å². The van der Waals surface area contributed by atoms with E-state index in [4.69, 9.17) is 16.0 Å². The van der Waals surface area contributed by atoms with Gasteiger partial charge in [-0.1, -0.05) is 32.4 Å². The number of hydrogen-bond donors (Lipinski definition) is 1. The van der Waals surface area contributed by atoms with Crippen molar-refractivity contribution in [1.29, 1.82) is 0 Å². The highest BCUT2D eigenvalue weighted by atomic mass is 35.5. The van der Waals surface area contributed by atoms with Crippen molar-refractivity contribution in [3.8, 4) is 11.4 Å². The average Bonchev–Trinajstić information content (AvgIpc) is 2.48. The molecule has 1 aromatic carbocycles. The van der Waals surface area contributed by atoms with Crippen LogP contribution in [0, 0.1) is 5.82 Å². The van der Waals surface area contributed by atoms with Gasteiger partial charge >= 0.3 is 5.69 Å². The number of nitrogens with one attached hydrogen (secondary N) is 1. The second-order valence-electron chi connectivity index (χ2n) is 8.15. The maximum absolute atomic E-state index is 14.5. The van der Waals surface area contributed by atoms with Crippen LogP contribution in [-0.2, 0) is 5.92 Å². The summed E-state index contributed by atoms with van der Waals surface area (Å²) >= 11 is 6.09. The molecule has 0 saturated heterocycles. The quantitative estimate of drug-likeness (QED) is 0.702. The summed E-state index contributed by atoms with van der Waals surface area (Å²) in [5.41, 5.74) is -3.58. The maximum Gasteiger partial charge on any atom is 0.333 e. The van der Waals surface area contributed by atoms with Crippen molar-refractivity contribution >= 4 is 19.9 Å². The van der Waals surface area contributed by atoms with Crippen molar-refractivity contribution in [3.63, 3.8) is 0 Å². The summed E-state index contributed by atoms with van der Waals surface area (Å²) < 4.78 is 47.8. The molecule has 0 fully saturated rings. The summed E-state index contributed by atoms with van der Waals surface area (Å²) in [6, 6.07) is 2.62. The Morgan fingerprint density at radius 2 is 1.68 bits per heavy atom. The Labute approximate surface area is 166 Å². The van der Waals surface area contributed by atoms with E-state index in [2.05, 4.69) is 0 Å². The molecule has 1 aromatic heterocycles. The molecule has 1 N–H and O–H groups in total. The van der Waals surface area contributed by atoms with Crippen LogP contribution in [0.15, 0.2) is 27.8 Å². The maximum atomic E-state index is 14.5. The van der Waals surface area contributed by atoms with Gasteiger partial charge in [0.05, 0.1) is 16.4 Å². The summed E-state index contributed by atoms with van der Waals surface area (Å²) in [7, 11) is -2.36. The number of aromatic amines is 1. The topological polar surface area (TPSA) is 64.1 Å². The lowest BCUT2D eigenvalue weighted by molar-refractivity contribution is 0.0121. The van der Waals surface area contributed by atoms with E-state index >= 15 is 0 Å². The first-order chi connectivity index (χ1) is 12.5. The Morgan fingerprint density at radius 1 is 1.11 bits per heavy atom. The van der Waals surface area contributed by atoms with Crippen LogP contribution in [0.1, 0.15) is 33.4 Å². The fraction of sp³-hybridized carbons (Fsp3) is 0.444. The third-order valence-electron chi connectivity index (χ3n) is 4.82. The van der Waals surface area contributed by atoms with Gasteiger partial charge in [0.15, 0.2) is 0 Å². The summed E-state index contributed by atoms with van der Waals surface area (Å²) in [5, 5.41) is -0.208. The van der Waals surface area contributed by atoms with Crippen LogP contribution in [0.4, 0.5) is 13.2 Å². The van der Waals surface area contributed by atoms with Crippen LogP contribution in [-0.4, -0.2) is 17.9 Å². The molecule has 0 bridgehead atoms. The summed E-state index contributed by atoms with van der Waals surface area (Å²) in [4.78, 5) is 26.4. The molecule has 2 rings (SSSR count). The van der Waals surface area contributed by atoms with E-state index in [1.54, 1.807) is 0 Å². The Kier molecular flexibility index (Phi) is 5.66. The number of benzene rings is 1. The van der Waals surface area contributed by atoms with Gasteiger partial charge in [0.25, 0.3) is 19.8 Å². The van der Waals surface area contributed by atoms with Crippen LogP contribution >= 0.6 is 11.6 Å². The lowest BCUT2D eigenvalue weighted by Crippen LogP contribution is -2.44. The molecule has 0 spiro atoms. The Bertz CT molecular complexity index is 989. The van der Waals surface area contributed by atoms with Gasteiger partial charge in [0.1, 0.15) is 11.6 Å². The monoisotopic (exact) mass is 434 g/mol. The minimum Gasteiger partial charge on any atom is -0.542 e. The van der Waals surface area contributed by atoms with E-state index in [0.29, 0.717) is 17.6 Å². The molecule has 2 aromatic rings. The lowest BCUT2D eigenvalue weighted by atomic mass is 10.2. The molecule has 0 aliphatic rings. The van der Waals surface area contributed by atoms with E-state index < -0.39 is 42.7 Å².